The van der Waals surface area contributed by atoms with Crippen LogP contribution in [0.4, 0.5) is 4.79 Å². The molecule has 0 heterocycles. The molecular formula is C13H24N2O5. The van der Waals surface area contributed by atoms with Crippen LogP contribution in [0, 0.1) is 0 Å². The highest BCUT2D eigenvalue weighted by Crippen LogP contribution is 1.97. The third-order valence-electron chi connectivity index (χ3n) is 2.50. The molecular weight excluding hydrogens is 264 g/mol. The second-order valence-corrected chi connectivity index (χ2v) is 4.31. The molecule has 0 aliphatic heterocycles. The van der Waals surface area contributed by atoms with Crippen molar-refractivity contribution in [3.05, 3.63) is 0 Å². The van der Waals surface area contributed by atoms with Crippen molar-refractivity contribution < 1.29 is 24.2 Å². The monoisotopic (exact) mass is 288 g/mol. The molecule has 0 aromatic carbocycles. The Morgan fingerprint density at radius 2 is 1.90 bits per heavy atom. The summed E-state index contributed by atoms with van der Waals surface area (Å²) in [5.74, 6) is -1.27. The van der Waals surface area contributed by atoms with E-state index in [9.17, 15) is 14.4 Å². The molecule has 0 aliphatic rings. The van der Waals surface area contributed by atoms with Gasteiger partial charge >= 0.3 is 18.0 Å². The molecule has 2 amide bonds. The zero-order valence-electron chi connectivity index (χ0n) is 12.2. The minimum absolute atomic E-state index is 0.0668. The zero-order valence-corrected chi connectivity index (χ0v) is 12.2. The topological polar surface area (TPSA) is 95.9 Å². The van der Waals surface area contributed by atoms with Crippen LogP contribution in [0.25, 0.3) is 0 Å². The number of amides is 2. The standard InChI is InChI=1S/C13H24N2O5/c1-3-9-15(10-12(18)20-4-2)13(19)14-8-6-5-7-11(16)17/h3-10H2,1-2H3,(H,14,19)(H,16,17). The smallest absolute Gasteiger partial charge is 0.325 e. The Morgan fingerprint density at radius 1 is 1.20 bits per heavy atom. The van der Waals surface area contributed by atoms with Crippen molar-refractivity contribution in [1.29, 1.82) is 0 Å². The minimum atomic E-state index is -0.841. The number of hydrogen-bond acceptors (Lipinski definition) is 4. The molecule has 0 unspecified atom stereocenters. The summed E-state index contributed by atoms with van der Waals surface area (Å²) in [6.45, 7) is 4.72. The number of hydrogen-bond donors (Lipinski definition) is 2. The Morgan fingerprint density at radius 3 is 2.45 bits per heavy atom. The Balaban J connectivity index is 4.02. The van der Waals surface area contributed by atoms with Crippen molar-refractivity contribution in [2.75, 3.05) is 26.2 Å². The maximum Gasteiger partial charge on any atom is 0.325 e. The SMILES string of the molecule is CCCN(CC(=O)OCC)C(=O)NCCCCC(=O)O. The van der Waals surface area contributed by atoms with Crippen LogP contribution < -0.4 is 5.32 Å². The highest BCUT2D eigenvalue weighted by atomic mass is 16.5. The summed E-state index contributed by atoms with van der Waals surface area (Å²) >= 11 is 0. The van der Waals surface area contributed by atoms with Crippen LogP contribution in [-0.4, -0.2) is 54.2 Å². The van der Waals surface area contributed by atoms with Gasteiger partial charge in [0.1, 0.15) is 6.54 Å². The number of rotatable bonds is 10. The molecule has 0 saturated carbocycles. The van der Waals surface area contributed by atoms with Gasteiger partial charge in [0.2, 0.25) is 0 Å². The van der Waals surface area contributed by atoms with Gasteiger partial charge in [-0.15, -0.1) is 0 Å². The average Bonchev–Trinajstić information content (AvgIpc) is 2.37. The largest absolute Gasteiger partial charge is 0.481 e. The van der Waals surface area contributed by atoms with Crippen molar-refractivity contribution in [2.24, 2.45) is 0 Å². The van der Waals surface area contributed by atoms with Gasteiger partial charge in [-0.05, 0) is 26.2 Å². The fourth-order valence-corrected chi connectivity index (χ4v) is 1.59. The highest BCUT2D eigenvalue weighted by Gasteiger charge is 2.16. The van der Waals surface area contributed by atoms with Crippen molar-refractivity contribution in [3.8, 4) is 0 Å². The molecule has 116 valence electrons. The van der Waals surface area contributed by atoms with Gasteiger partial charge in [-0.3, -0.25) is 9.59 Å². The van der Waals surface area contributed by atoms with E-state index in [0.29, 0.717) is 25.9 Å². The van der Waals surface area contributed by atoms with E-state index in [1.807, 2.05) is 6.92 Å². The lowest BCUT2D eigenvalue weighted by Gasteiger charge is -2.21. The van der Waals surface area contributed by atoms with E-state index < -0.39 is 11.9 Å². The van der Waals surface area contributed by atoms with E-state index in [0.717, 1.165) is 6.42 Å². The Bertz CT molecular complexity index is 320. The van der Waals surface area contributed by atoms with Gasteiger partial charge < -0.3 is 20.1 Å². The number of esters is 1. The Hall–Kier alpha value is -1.79. The fourth-order valence-electron chi connectivity index (χ4n) is 1.59. The van der Waals surface area contributed by atoms with Crippen LogP contribution in [0.1, 0.15) is 39.5 Å². The van der Waals surface area contributed by atoms with Crippen molar-refractivity contribution in [1.82, 2.24) is 10.2 Å². The Labute approximate surface area is 119 Å². The molecule has 0 bridgehead atoms. The van der Waals surface area contributed by atoms with Gasteiger partial charge in [0.15, 0.2) is 0 Å². The lowest BCUT2D eigenvalue weighted by atomic mass is 10.2. The number of carboxylic acids is 1. The molecule has 0 saturated heterocycles. The molecule has 0 aromatic rings. The van der Waals surface area contributed by atoms with Gasteiger partial charge in [0.05, 0.1) is 6.61 Å². The number of carbonyl (C=O) groups is 3. The number of carboxylic acid groups (broad SMARTS) is 1. The molecule has 7 heteroatoms. The van der Waals surface area contributed by atoms with Crippen LogP contribution in [0.5, 0.6) is 0 Å². The van der Waals surface area contributed by atoms with Crippen molar-refractivity contribution >= 4 is 18.0 Å². The molecule has 0 aromatic heterocycles. The quantitative estimate of drug-likeness (QED) is 0.465. The van der Waals surface area contributed by atoms with Gasteiger partial charge in [0.25, 0.3) is 0 Å². The van der Waals surface area contributed by atoms with E-state index in [2.05, 4.69) is 5.32 Å². The number of nitrogens with one attached hydrogen (secondary N) is 1. The number of unbranched alkanes of at least 4 members (excludes halogenated alkanes) is 1. The van der Waals surface area contributed by atoms with Crippen molar-refractivity contribution in [2.45, 2.75) is 39.5 Å². The highest BCUT2D eigenvalue weighted by molar-refractivity contribution is 5.80. The summed E-state index contributed by atoms with van der Waals surface area (Å²) in [6.07, 6.45) is 1.95. The normalized spacial score (nSPS) is 9.90. The van der Waals surface area contributed by atoms with E-state index >= 15 is 0 Å². The first-order chi connectivity index (χ1) is 9.51. The predicted octanol–water partition coefficient (Wildman–Crippen LogP) is 1.23. The Kier molecular flexibility index (Phi) is 10.1. The number of urea groups is 1. The molecule has 0 rings (SSSR count). The number of nitrogens with zero attached hydrogens (tertiary/aromatic N) is 1. The maximum atomic E-state index is 11.9. The van der Waals surface area contributed by atoms with Crippen LogP contribution >= 0.6 is 0 Å². The van der Waals surface area contributed by atoms with Crippen LogP contribution in [0.2, 0.25) is 0 Å². The second kappa shape index (κ2) is 11.1. The van der Waals surface area contributed by atoms with Gasteiger partial charge in [-0.1, -0.05) is 6.92 Å². The maximum absolute atomic E-state index is 11.9. The van der Waals surface area contributed by atoms with E-state index in [4.69, 9.17) is 9.84 Å². The first-order valence-electron chi connectivity index (χ1n) is 6.91. The van der Waals surface area contributed by atoms with E-state index in [1.165, 1.54) is 4.90 Å². The molecule has 0 radical (unpaired) electrons. The van der Waals surface area contributed by atoms with Gasteiger partial charge in [0, 0.05) is 19.5 Å². The average molecular weight is 288 g/mol. The predicted molar refractivity (Wildman–Crippen MR) is 73.4 cm³/mol. The first kappa shape index (κ1) is 18.2. The van der Waals surface area contributed by atoms with Crippen LogP contribution in [0.15, 0.2) is 0 Å². The van der Waals surface area contributed by atoms with Gasteiger partial charge in [-0.2, -0.15) is 0 Å². The number of aliphatic carboxylic acids is 1. The van der Waals surface area contributed by atoms with Crippen molar-refractivity contribution in [3.63, 3.8) is 0 Å². The van der Waals surface area contributed by atoms with Crippen LogP contribution in [-0.2, 0) is 14.3 Å². The summed E-state index contributed by atoms with van der Waals surface area (Å²) in [5.41, 5.74) is 0. The van der Waals surface area contributed by atoms with E-state index in [-0.39, 0.29) is 25.6 Å². The number of ether oxygens (including phenoxy) is 1. The molecule has 2 N–H and O–H groups in total. The van der Waals surface area contributed by atoms with E-state index in [1.54, 1.807) is 6.92 Å². The second-order valence-electron chi connectivity index (χ2n) is 4.31. The summed E-state index contributed by atoms with van der Waals surface area (Å²) < 4.78 is 4.81. The number of carbonyl (C=O) groups excluding carboxylic acids is 2. The first-order valence-corrected chi connectivity index (χ1v) is 6.91. The summed E-state index contributed by atoms with van der Waals surface area (Å²) in [4.78, 5) is 35.0. The fraction of sp³-hybridized carbons (Fsp3) is 0.769. The zero-order chi connectivity index (χ0) is 15.4. The molecule has 20 heavy (non-hydrogen) atoms. The molecule has 0 aliphatic carbocycles. The lowest BCUT2D eigenvalue weighted by Crippen LogP contribution is -2.43. The summed E-state index contributed by atoms with van der Waals surface area (Å²) in [6, 6.07) is -0.324. The third-order valence-corrected chi connectivity index (χ3v) is 2.50. The molecule has 0 fully saturated rings. The molecule has 0 spiro atoms. The minimum Gasteiger partial charge on any atom is -0.481 e. The molecule has 0 atom stereocenters. The summed E-state index contributed by atoms with van der Waals surface area (Å²) in [5, 5.41) is 11.2. The molecule has 7 nitrogen and oxygen atoms in total. The third kappa shape index (κ3) is 9.18. The summed E-state index contributed by atoms with van der Waals surface area (Å²) in [7, 11) is 0. The van der Waals surface area contributed by atoms with Gasteiger partial charge in [-0.25, -0.2) is 4.79 Å². The van der Waals surface area contributed by atoms with Crippen LogP contribution in [0.3, 0.4) is 0 Å². The lowest BCUT2D eigenvalue weighted by molar-refractivity contribution is -0.143.